The van der Waals surface area contributed by atoms with E-state index in [1.54, 1.807) is 4.57 Å². The SMILES string of the molecule is Cc1cccc2nc3c(cc12)Cn1c-3nc2ccccc2c1=O. The van der Waals surface area contributed by atoms with Crippen LogP contribution in [0.25, 0.3) is 33.3 Å². The minimum atomic E-state index is 0.00405. The highest BCUT2D eigenvalue weighted by Crippen LogP contribution is 2.31. The molecule has 4 nitrogen and oxygen atoms in total. The number of para-hydroxylation sites is 1. The van der Waals surface area contributed by atoms with Crippen molar-refractivity contribution < 1.29 is 0 Å². The lowest BCUT2D eigenvalue weighted by atomic mass is 10.1. The highest BCUT2D eigenvalue weighted by molar-refractivity contribution is 5.87. The predicted molar refractivity (Wildman–Crippen MR) is 90.6 cm³/mol. The molecule has 1 aliphatic rings. The highest BCUT2D eigenvalue weighted by Gasteiger charge is 2.24. The van der Waals surface area contributed by atoms with Crippen molar-refractivity contribution in [2.24, 2.45) is 0 Å². The Morgan fingerprint density at radius 2 is 1.74 bits per heavy atom. The molecule has 0 spiro atoms. The maximum Gasteiger partial charge on any atom is 0.262 e. The van der Waals surface area contributed by atoms with Crippen molar-refractivity contribution >= 4 is 21.8 Å². The van der Waals surface area contributed by atoms with Gasteiger partial charge in [0.05, 0.1) is 23.0 Å². The van der Waals surface area contributed by atoms with E-state index in [0.717, 1.165) is 27.7 Å². The molecular weight excluding hydrogens is 286 g/mol. The minimum Gasteiger partial charge on any atom is -0.286 e. The molecule has 0 unspecified atom stereocenters. The van der Waals surface area contributed by atoms with Crippen molar-refractivity contribution in [2.75, 3.05) is 0 Å². The van der Waals surface area contributed by atoms with Crippen LogP contribution in [0.15, 0.2) is 53.3 Å². The molecule has 0 N–H and O–H groups in total. The Hall–Kier alpha value is -3.01. The van der Waals surface area contributed by atoms with Crippen LogP contribution in [0.2, 0.25) is 0 Å². The summed E-state index contributed by atoms with van der Waals surface area (Å²) in [6, 6.07) is 15.7. The van der Waals surface area contributed by atoms with Gasteiger partial charge >= 0.3 is 0 Å². The van der Waals surface area contributed by atoms with Crippen molar-refractivity contribution in [2.45, 2.75) is 13.5 Å². The van der Waals surface area contributed by atoms with E-state index in [2.05, 4.69) is 24.0 Å². The molecule has 0 saturated heterocycles. The normalized spacial score (nSPS) is 12.6. The molecule has 4 heteroatoms. The first-order valence-corrected chi connectivity index (χ1v) is 7.61. The van der Waals surface area contributed by atoms with Crippen LogP contribution in [0.3, 0.4) is 0 Å². The predicted octanol–water partition coefficient (Wildman–Crippen LogP) is 3.28. The van der Waals surface area contributed by atoms with Gasteiger partial charge in [0.25, 0.3) is 5.56 Å². The molecule has 3 heterocycles. The van der Waals surface area contributed by atoms with Gasteiger partial charge in [0.1, 0.15) is 5.69 Å². The third-order valence-electron chi connectivity index (χ3n) is 4.56. The Kier molecular flexibility index (Phi) is 2.32. The van der Waals surface area contributed by atoms with E-state index in [4.69, 9.17) is 4.98 Å². The Bertz CT molecular complexity index is 1170. The standard InChI is InChI=1S/C19H13N3O/c1-11-5-4-8-16-14(11)9-12-10-22-18(17(12)20-16)21-15-7-3-2-6-13(15)19(22)23/h2-9H,10H2,1H3. The Balaban J connectivity index is 1.89. The molecule has 0 atom stereocenters. The topological polar surface area (TPSA) is 47.8 Å². The molecule has 0 fully saturated rings. The van der Waals surface area contributed by atoms with E-state index in [0.29, 0.717) is 17.8 Å². The fourth-order valence-corrected chi connectivity index (χ4v) is 3.37. The maximum atomic E-state index is 12.7. The summed E-state index contributed by atoms with van der Waals surface area (Å²) in [7, 11) is 0. The summed E-state index contributed by atoms with van der Waals surface area (Å²) >= 11 is 0. The Morgan fingerprint density at radius 3 is 2.65 bits per heavy atom. The molecule has 1 aliphatic heterocycles. The van der Waals surface area contributed by atoms with E-state index in [1.807, 2.05) is 36.4 Å². The van der Waals surface area contributed by atoms with E-state index in [-0.39, 0.29) is 5.56 Å². The van der Waals surface area contributed by atoms with Crippen LogP contribution in [-0.2, 0) is 6.54 Å². The van der Waals surface area contributed by atoms with E-state index < -0.39 is 0 Å². The number of aryl methyl sites for hydroxylation is 1. The summed E-state index contributed by atoms with van der Waals surface area (Å²) in [6.45, 7) is 2.62. The molecule has 0 saturated carbocycles. The summed E-state index contributed by atoms with van der Waals surface area (Å²) in [5.74, 6) is 0.673. The van der Waals surface area contributed by atoms with Crippen LogP contribution in [0, 0.1) is 6.92 Å². The average molecular weight is 299 g/mol. The van der Waals surface area contributed by atoms with Gasteiger partial charge in [-0.15, -0.1) is 0 Å². The molecule has 2 aromatic carbocycles. The lowest BCUT2D eigenvalue weighted by Gasteiger charge is -2.05. The van der Waals surface area contributed by atoms with Gasteiger partial charge < -0.3 is 0 Å². The minimum absolute atomic E-state index is 0.00405. The zero-order valence-electron chi connectivity index (χ0n) is 12.6. The first-order chi connectivity index (χ1) is 11.2. The number of nitrogens with zero attached hydrogens (tertiary/aromatic N) is 3. The highest BCUT2D eigenvalue weighted by atomic mass is 16.1. The smallest absolute Gasteiger partial charge is 0.262 e. The maximum absolute atomic E-state index is 12.7. The number of fused-ring (bicyclic) bond motifs is 5. The average Bonchev–Trinajstić information content (AvgIpc) is 2.92. The number of rotatable bonds is 0. The molecule has 110 valence electrons. The molecule has 0 aliphatic carbocycles. The van der Waals surface area contributed by atoms with Gasteiger partial charge in [-0.05, 0) is 36.8 Å². The van der Waals surface area contributed by atoms with Gasteiger partial charge in [0.15, 0.2) is 5.82 Å². The number of benzene rings is 2. The molecular formula is C19H13N3O. The van der Waals surface area contributed by atoms with Gasteiger partial charge in [-0.25, -0.2) is 9.97 Å². The van der Waals surface area contributed by atoms with Gasteiger partial charge in [-0.3, -0.25) is 9.36 Å². The fourth-order valence-electron chi connectivity index (χ4n) is 3.37. The second-order valence-electron chi connectivity index (χ2n) is 5.98. The van der Waals surface area contributed by atoms with Gasteiger partial charge in [0.2, 0.25) is 0 Å². The van der Waals surface area contributed by atoms with E-state index >= 15 is 0 Å². The second-order valence-corrected chi connectivity index (χ2v) is 5.98. The molecule has 5 rings (SSSR count). The molecule has 0 amide bonds. The van der Waals surface area contributed by atoms with Crippen molar-refractivity contribution in [1.29, 1.82) is 0 Å². The number of hydrogen-bond donors (Lipinski definition) is 0. The summed E-state index contributed by atoms with van der Waals surface area (Å²) in [5, 5.41) is 1.79. The molecule has 23 heavy (non-hydrogen) atoms. The Morgan fingerprint density at radius 1 is 0.957 bits per heavy atom. The third kappa shape index (κ3) is 1.63. The fraction of sp³-hybridized carbons (Fsp3) is 0.105. The second kappa shape index (κ2) is 4.26. The summed E-state index contributed by atoms with van der Waals surface area (Å²) in [6.07, 6.45) is 0. The van der Waals surface area contributed by atoms with Gasteiger partial charge in [0, 0.05) is 10.9 Å². The molecule has 2 aromatic heterocycles. The first kappa shape index (κ1) is 12.5. The monoisotopic (exact) mass is 299 g/mol. The lowest BCUT2D eigenvalue weighted by Crippen LogP contribution is -2.20. The summed E-state index contributed by atoms with van der Waals surface area (Å²) in [4.78, 5) is 22.2. The van der Waals surface area contributed by atoms with Crippen LogP contribution < -0.4 is 5.56 Å². The number of pyridine rings is 1. The van der Waals surface area contributed by atoms with Crippen molar-refractivity contribution in [3.05, 3.63) is 70.0 Å². The van der Waals surface area contributed by atoms with Crippen molar-refractivity contribution in [3.8, 4) is 11.5 Å². The van der Waals surface area contributed by atoms with Crippen molar-refractivity contribution in [3.63, 3.8) is 0 Å². The van der Waals surface area contributed by atoms with Crippen LogP contribution >= 0.6 is 0 Å². The largest absolute Gasteiger partial charge is 0.286 e. The molecule has 4 aromatic rings. The van der Waals surface area contributed by atoms with Crippen LogP contribution in [0.4, 0.5) is 0 Å². The lowest BCUT2D eigenvalue weighted by molar-refractivity contribution is 0.797. The van der Waals surface area contributed by atoms with Crippen molar-refractivity contribution in [1.82, 2.24) is 14.5 Å². The summed E-state index contributed by atoms with van der Waals surface area (Å²) < 4.78 is 1.73. The zero-order chi connectivity index (χ0) is 15.6. The Labute approximate surface area is 132 Å². The molecule has 0 bridgehead atoms. The summed E-state index contributed by atoms with van der Waals surface area (Å²) in [5.41, 5.74) is 4.75. The van der Waals surface area contributed by atoms with Crippen LogP contribution in [0.1, 0.15) is 11.1 Å². The number of hydrogen-bond acceptors (Lipinski definition) is 3. The number of aromatic nitrogens is 3. The van der Waals surface area contributed by atoms with Gasteiger partial charge in [-0.2, -0.15) is 0 Å². The molecule has 0 radical (unpaired) electrons. The van der Waals surface area contributed by atoms with E-state index in [9.17, 15) is 4.79 Å². The van der Waals surface area contributed by atoms with Gasteiger partial charge in [-0.1, -0.05) is 24.3 Å². The van der Waals surface area contributed by atoms with Crippen LogP contribution in [-0.4, -0.2) is 14.5 Å². The quantitative estimate of drug-likeness (QED) is 0.441. The first-order valence-electron chi connectivity index (χ1n) is 7.61. The van der Waals surface area contributed by atoms with E-state index in [1.165, 1.54) is 5.56 Å². The third-order valence-corrected chi connectivity index (χ3v) is 4.56. The zero-order valence-corrected chi connectivity index (χ0v) is 12.6. The van der Waals surface area contributed by atoms with Crippen LogP contribution in [0.5, 0.6) is 0 Å².